The lowest BCUT2D eigenvalue weighted by Gasteiger charge is -2.52. The lowest BCUT2D eigenvalue weighted by molar-refractivity contribution is -0.173. The number of carboxylic acids is 1. The van der Waals surface area contributed by atoms with Crippen LogP contribution in [-0.4, -0.2) is 66.9 Å². The second-order valence-electron chi connectivity index (χ2n) is 9.17. The van der Waals surface area contributed by atoms with E-state index in [1.165, 1.54) is 12.0 Å². The van der Waals surface area contributed by atoms with Crippen LogP contribution in [0, 0.1) is 5.41 Å². The van der Waals surface area contributed by atoms with Crippen molar-refractivity contribution >= 4 is 18.0 Å². The fourth-order valence-electron chi connectivity index (χ4n) is 4.92. The monoisotopic (exact) mass is 452 g/mol. The lowest BCUT2D eigenvalue weighted by atomic mass is 9.74. The molecule has 2 N–H and O–H groups in total. The number of hydrogen-bond acceptors (Lipinski definition) is 5. The largest absolute Gasteiger partial charge is 0.480 e. The van der Waals surface area contributed by atoms with Crippen molar-refractivity contribution in [2.75, 3.05) is 26.9 Å². The lowest BCUT2D eigenvalue weighted by Crippen LogP contribution is -2.70. The summed E-state index contributed by atoms with van der Waals surface area (Å²) in [5.74, 6) is -1.68. The average molecular weight is 453 g/mol. The van der Waals surface area contributed by atoms with Crippen LogP contribution in [0.4, 0.5) is 4.79 Å². The molecule has 0 radical (unpaired) electrons. The van der Waals surface area contributed by atoms with Crippen molar-refractivity contribution < 1.29 is 29.0 Å². The average Bonchev–Trinajstić information content (AvgIpc) is 3.09. The molecule has 1 aliphatic carbocycles. The van der Waals surface area contributed by atoms with Crippen LogP contribution in [0.3, 0.4) is 0 Å². The molecule has 0 spiro atoms. The minimum absolute atomic E-state index is 0.0910. The van der Waals surface area contributed by atoms with E-state index in [1.54, 1.807) is 13.8 Å². The molecular weight excluding hydrogens is 424 g/mol. The highest BCUT2D eigenvalue weighted by atomic mass is 16.5. The van der Waals surface area contributed by atoms with E-state index in [0.29, 0.717) is 0 Å². The Labute approximate surface area is 192 Å². The Bertz CT molecular complexity index is 1040. The van der Waals surface area contributed by atoms with Crippen molar-refractivity contribution in [3.63, 3.8) is 0 Å². The van der Waals surface area contributed by atoms with Crippen LogP contribution < -0.4 is 5.32 Å². The van der Waals surface area contributed by atoms with Crippen molar-refractivity contribution in [2.45, 2.75) is 31.8 Å². The van der Waals surface area contributed by atoms with Crippen molar-refractivity contribution in [2.24, 2.45) is 5.41 Å². The fraction of sp³-hybridized carbons (Fsp3) is 0.400. The molecule has 2 amide bonds. The Morgan fingerprint density at radius 2 is 1.67 bits per heavy atom. The van der Waals surface area contributed by atoms with Gasteiger partial charge < -0.3 is 24.8 Å². The summed E-state index contributed by atoms with van der Waals surface area (Å²) in [6, 6.07) is 14.0. The number of alkyl carbamates (subject to hydrolysis) is 1. The van der Waals surface area contributed by atoms with Gasteiger partial charge in [0.1, 0.15) is 18.7 Å². The van der Waals surface area contributed by atoms with E-state index in [9.17, 15) is 19.5 Å². The number of aliphatic carboxylic acids is 1. The molecule has 2 atom stereocenters. The standard InChI is InChI=1S/C25H28N2O6/c1-25(2)14-27(21(25)23(29)30)22(28)20(13-32-3)26-24(31)33-12-19-17-10-6-4-8-15(17)16-9-5-7-11-18(16)19/h4-11,19-21H,12-14H2,1-3H3,(H,26,31)(H,29,30)/t20-,21?/m0/s1. The number of benzene rings is 2. The van der Waals surface area contributed by atoms with Gasteiger partial charge in [0.15, 0.2) is 0 Å². The maximum absolute atomic E-state index is 13.0. The molecule has 0 bridgehead atoms. The molecule has 2 aliphatic rings. The van der Waals surface area contributed by atoms with Gasteiger partial charge in [-0.3, -0.25) is 4.79 Å². The predicted octanol–water partition coefficient (Wildman–Crippen LogP) is 2.86. The van der Waals surface area contributed by atoms with Gasteiger partial charge >= 0.3 is 12.1 Å². The normalized spacial score (nSPS) is 19.1. The topological polar surface area (TPSA) is 105 Å². The van der Waals surface area contributed by atoms with Gasteiger partial charge in [0, 0.05) is 25.0 Å². The number of likely N-dealkylation sites (tertiary alicyclic amines) is 1. The SMILES string of the molecule is COC[C@H](NC(=O)OCC1c2ccccc2-c2ccccc21)C(=O)N1CC(C)(C)C1C(=O)O. The maximum Gasteiger partial charge on any atom is 0.407 e. The van der Waals surface area contributed by atoms with Gasteiger partial charge in [-0.2, -0.15) is 0 Å². The van der Waals surface area contributed by atoms with Gasteiger partial charge in [-0.25, -0.2) is 9.59 Å². The van der Waals surface area contributed by atoms with Crippen molar-refractivity contribution in [3.05, 3.63) is 59.7 Å². The molecule has 1 saturated heterocycles. The Kier molecular flexibility index (Phi) is 6.12. The second-order valence-corrected chi connectivity index (χ2v) is 9.17. The summed E-state index contributed by atoms with van der Waals surface area (Å²) in [4.78, 5) is 38.5. The Morgan fingerprint density at radius 3 is 2.18 bits per heavy atom. The first-order chi connectivity index (χ1) is 15.7. The van der Waals surface area contributed by atoms with E-state index in [0.717, 1.165) is 22.3 Å². The number of hydrogen-bond donors (Lipinski definition) is 2. The molecule has 2 aromatic carbocycles. The highest BCUT2D eigenvalue weighted by Gasteiger charge is 2.53. The summed E-state index contributed by atoms with van der Waals surface area (Å²) in [6.45, 7) is 3.89. The predicted molar refractivity (Wildman–Crippen MR) is 121 cm³/mol. The van der Waals surface area contributed by atoms with Gasteiger partial charge in [0.25, 0.3) is 0 Å². The highest BCUT2D eigenvalue weighted by Crippen LogP contribution is 2.44. The zero-order valence-corrected chi connectivity index (χ0v) is 18.9. The quantitative estimate of drug-likeness (QED) is 0.669. The maximum atomic E-state index is 13.0. The zero-order valence-electron chi connectivity index (χ0n) is 18.9. The number of fused-ring (bicyclic) bond motifs is 3. The first kappa shape index (κ1) is 22.8. The summed E-state index contributed by atoms with van der Waals surface area (Å²) >= 11 is 0. The van der Waals surface area contributed by atoms with Crippen LogP contribution in [0.2, 0.25) is 0 Å². The first-order valence-electron chi connectivity index (χ1n) is 10.9. The highest BCUT2D eigenvalue weighted by molar-refractivity contribution is 5.91. The van der Waals surface area contributed by atoms with Crippen LogP contribution in [0.1, 0.15) is 30.9 Å². The van der Waals surface area contributed by atoms with Crippen LogP contribution >= 0.6 is 0 Å². The summed E-state index contributed by atoms with van der Waals surface area (Å²) in [5.41, 5.74) is 3.87. The van der Waals surface area contributed by atoms with Gasteiger partial charge in [0.05, 0.1) is 6.61 Å². The van der Waals surface area contributed by atoms with Crippen molar-refractivity contribution in [1.82, 2.24) is 10.2 Å². The molecule has 174 valence electrons. The molecule has 8 nitrogen and oxygen atoms in total. The number of carbonyl (C=O) groups is 3. The Balaban J connectivity index is 1.42. The van der Waals surface area contributed by atoms with Crippen LogP contribution in [-0.2, 0) is 19.1 Å². The summed E-state index contributed by atoms with van der Waals surface area (Å²) in [5, 5.41) is 12.1. The van der Waals surface area contributed by atoms with Gasteiger partial charge in [-0.15, -0.1) is 0 Å². The number of nitrogens with one attached hydrogen (secondary N) is 1. The van der Waals surface area contributed by atoms with Crippen molar-refractivity contribution in [1.29, 1.82) is 0 Å². The number of rotatable bonds is 7. The first-order valence-corrected chi connectivity index (χ1v) is 10.9. The third-order valence-electron chi connectivity index (χ3n) is 6.41. The van der Waals surface area contributed by atoms with E-state index in [4.69, 9.17) is 9.47 Å². The smallest absolute Gasteiger partial charge is 0.407 e. The fourth-order valence-corrected chi connectivity index (χ4v) is 4.92. The zero-order chi connectivity index (χ0) is 23.8. The molecular formula is C25H28N2O6. The molecule has 1 heterocycles. The number of amides is 2. The minimum Gasteiger partial charge on any atom is -0.480 e. The molecule has 33 heavy (non-hydrogen) atoms. The van der Waals surface area contributed by atoms with Crippen molar-refractivity contribution in [3.8, 4) is 11.1 Å². The molecule has 1 aliphatic heterocycles. The molecule has 0 saturated carbocycles. The summed E-state index contributed by atoms with van der Waals surface area (Å²) in [6.07, 6.45) is -0.751. The van der Waals surface area contributed by atoms with Gasteiger partial charge in [0.2, 0.25) is 5.91 Å². The van der Waals surface area contributed by atoms with E-state index >= 15 is 0 Å². The number of methoxy groups -OCH3 is 1. The molecule has 1 unspecified atom stereocenters. The molecule has 2 aromatic rings. The molecule has 0 aromatic heterocycles. The molecule has 8 heteroatoms. The number of carboxylic acid groups (broad SMARTS) is 1. The number of carbonyl (C=O) groups excluding carboxylic acids is 2. The number of ether oxygens (including phenoxy) is 2. The van der Waals surface area contributed by atoms with E-state index in [1.807, 2.05) is 36.4 Å². The Morgan fingerprint density at radius 1 is 1.09 bits per heavy atom. The van der Waals surface area contributed by atoms with Crippen LogP contribution in [0.25, 0.3) is 11.1 Å². The van der Waals surface area contributed by atoms with Gasteiger partial charge in [-0.05, 0) is 22.3 Å². The number of nitrogens with zero attached hydrogens (tertiary/aromatic N) is 1. The Hall–Kier alpha value is -3.39. The van der Waals surface area contributed by atoms with Gasteiger partial charge in [-0.1, -0.05) is 62.4 Å². The second kappa shape index (κ2) is 8.86. The van der Waals surface area contributed by atoms with E-state index in [2.05, 4.69) is 17.4 Å². The van der Waals surface area contributed by atoms with Crippen LogP contribution in [0.5, 0.6) is 0 Å². The third-order valence-corrected chi connectivity index (χ3v) is 6.41. The summed E-state index contributed by atoms with van der Waals surface area (Å²) < 4.78 is 10.6. The summed E-state index contributed by atoms with van der Waals surface area (Å²) in [7, 11) is 1.41. The van der Waals surface area contributed by atoms with E-state index < -0.39 is 35.5 Å². The third kappa shape index (κ3) is 4.18. The molecule has 4 rings (SSSR count). The van der Waals surface area contributed by atoms with E-state index in [-0.39, 0.29) is 25.7 Å². The molecule has 1 fully saturated rings. The van der Waals surface area contributed by atoms with Crippen LogP contribution in [0.15, 0.2) is 48.5 Å². The minimum atomic E-state index is -1.07.